The molecule has 2 atom stereocenters. The van der Waals surface area contributed by atoms with Crippen molar-refractivity contribution in [2.75, 3.05) is 32.8 Å². The Hall–Kier alpha value is -0.650. The van der Waals surface area contributed by atoms with Gasteiger partial charge >= 0.3 is 0 Å². The monoisotopic (exact) mass is 256 g/mol. The van der Waals surface area contributed by atoms with E-state index in [2.05, 4.69) is 17.6 Å². The van der Waals surface area contributed by atoms with Crippen LogP contribution in [0.15, 0.2) is 0 Å². The third kappa shape index (κ3) is 3.93. The van der Waals surface area contributed by atoms with Crippen molar-refractivity contribution in [1.29, 1.82) is 0 Å². The first-order valence-electron chi connectivity index (χ1n) is 6.99. The zero-order valence-corrected chi connectivity index (χ0v) is 11.1. The maximum absolute atomic E-state index is 11.8. The van der Waals surface area contributed by atoms with Gasteiger partial charge in [0.15, 0.2) is 0 Å². The van der Waals surface area contributed by atoms with Crippen LogP contribution in [-0.2, 0) is 14.3 Å². The van der Waals surface area contributed by atoms with E-state index in [4.69, 9.17) is 9.47 Å². The maximum atomic E-state index is 11.8. The molecule has 104 valence electrons. The smallest absolute Gasteiger partial charge is 0.249 e. The Morgan fingerprint density at radius 1 is 1.39 bits per heavy atom. The molecule has 2 unspecified atom stereocenters. The molecule has 2 N–H and O–H groups in total. The number of rotatable bonds is 5. The number of hydrogen-bond acceptors (Lipinski definition) is 4. The van der Waals surface area contributed by atoms with Gasteiger partial charge < -0.3 is 20.1 Å². The van der Waals surface area contributed by atoms with Gasteiger partial charge in [0, 0.05) is 13.2 Å². The van der Waals surface area contributed by atoms with Gasteiger partial charge in [-0.25, -0.2) is 0 Å². The summed E-state index contributed by atoms with van der Waals surface area (Å²) < 4.78 is 11.1. The average molecular weight is 256 g/mol. The Balaban J connectivity index is 1.56. The summed E-state index contributed by atoms with van der Waals surface area (Å²) in [5, 5.41) is 6.19. The molecule has 2 aliphatic rings. The third-order valence-corrected chi connectivity index (χ3v) is 3.69. The van der Waals surface area contributed by atoms with E-state index in [9.17, 15) is 4.79 Å². The van der Waals surface area contributed by atoms with Crippen molar-refractivity contribution in [2.45, 2.75) is 38.4 Å². The molecule has 0 spiro atoms. The van der Waals surface area contributed by atoms with Gasteiger partial charge in [0.05, 0.1) is 12.7 Å². The third-order valence-electron chi connectivity index (χ3n) is 3.69. The number of piperidine rings is 1. The van der Waals surface area contributed by atoms with Crippen molar-refractivity contribution in [3.8, 4) is 0 Å². The van der Waals surface area contributed by atoms with Crippen molar-refractivity contribution in [1.82, 2.24) is 10.6 Å². The Labute approximate surface area is 109 Å². The van der Waals surface area contributed by atoms with Crippen LogP contribution in [0.4, 0.5) is 0 Å². The highest BCUT2D eigenvalue weighted by molar-refractivity contribution is 5.81. The minimum Gasteiger partial charge on any atom is -0.376 e. The average Bonchev–Trinajstić information content (AvgIpc) is 2.82. The fraction of sp³-hybridized carbons (Fsp3) is 0.923. The minimum atomic E-state index is -0.260. The highest BCUT2D eigenvalue weighted by atomic mass is 16.5. The fourth-order valence-electron chi connectivity index (χ4n) is 2.49. The van der Waals surface area contributed by atoms with Crippen LogP contribution in [-0.4, -0.2) is 51.0 Å². The second-order valence-electron chi connectivity index (χ2n) is 5.17. The summed E-state index contributed by atoms with van der Waals surface area (Å²) in [4.78, 5) is 11.8. The molecule has 2 fully saturated rings. The van der Waals surface area contributed by atoms with Crippen LogP contribution < -0.4 is 10.6 Å². The summed E-state index contributed by atoms with van der Waals surface area (Å²) >= 11 is 0. The lowest BCUT2D eigenvalue weighted by molar-refractivity contribution is -0.131. The lowest BCUT2D eigenvalue weighted by Crippen LogP contribution is -2.40. The van der Waals surface area contributed by atoms with Gasteiger partial charge in [-0.3, -0.25) is 4.79 Å². The number of ether oxygens (including phenoxy) is 2. The number of hydrogen-bond donors (Lipinski definition) is 2. The first-order valence-corrected chi connectivity index (χ1v) is 6.99. The summed E-state index contributed by atoms with van der Waals surface area (Å²) in [5.41, 5.74) is 0. The Morgan fingerprint density at radius 2 is 2.17 bits per heavy atom. The highest BCUT2D eigenvalue weighted by Gasteiger charge is 2.30. The quantitative estimate of drug-likeness (QED) is 0.694. The molecule has 0 aromatic carbocycles. The van der Waals surface area contributed by atoms with Gasteiger partial charge in [0.2, 0.25) is 5.91 Å². The van der Waals surface area contributed by atoms with Crippen molar-refractivity contribution in [2.24, 2.45) is 5.92 Å². The van der Waals surface area contributed by atoms with Crippen LogP contribution in [0.1, 0.15) is 26.2 Å². The van der Waals surface area contributed by atoms with Crippen LogP contribution in [0.25, 0.3) is 0 Å². The maximum Gasteiger partial charge on any atom is 0.249 e. The van der Waals surface area contributed by atoms with E-state index < -0.39 is 0 Å². The molecule has 0 radical (unpaired) electrons. The van der Waals surface area contributed by atoms with Gasteiger partial charge in [-0.15, -0.1) is 0 Å². The van der Waals surface area contributed by atoms with Crippen molar-refractivity contribution in [3.63, 3.8) is 0 Å². The molecule has 0 bridgehead atoms. The van der Waals surface area contributed by atoms with Crippen molar-refractivity contribution >= 4 is 5.91 Å². The molecular weight excluding hydrogens is 232 g/mol. The predicted molar refractivity (Wildman–Crippen MR) is 68.4 cm³/mol. The molecule has 5 nitrogen and oxygen atoms in total. The molecule has 0 aromatic rings. The zero-order valence-electron chi connectivity index (χ0n) is 11.1. The van der Waals surface area contributed by atoms with Gasteiger partial charge in [0.25, 0.3) is 0 Å². The van der Waals surface area contributed by atoms with Crippen LogP contribution in [0, 0.1) is 5.92 Å². The molecule has 5 heteroatoms. The summed E-state index contributed by atoms with van der Waals surface area (Å²) in [5.74, 6) is 0.337. The second-order valence-corrected chi connectivity index (χ2v) is 5.17. The SMILES string of the molecule is CC1CCOC1C(=O)NCCOC1CCNCC1. The first-order chi connectivity index (χ1) is 8.77. The van der Waals surface area contributed by atoms with E-state index in [1.54, 1.807) is 0 Å². The van der Waals surface area contributed by atoms with Gasteiger partial charge in [0.1, 0.15) is 6.10 Å². The zero-order chi connectivity index (χ0) is 12.8. The normalized spacial score (nSPS) is 29.4. The van der Waals surface area contributed by atoms with Crippen LogP contribution >= 0.6 is 0 Å². The molecule has 0 saturated carbocycles. The van der Waals surface area contributed by atoms with Crippen molar-refractivity contribution < 1.29 is 14.3 Å². The standard InChI is InChI=1S/C13H24N2O3/c1-10-4-8-18-12(10)13(16)15-7-9-17-11-2-5-14-6-3-11/h10-12,14H,2-9H2,1H3,(H,15,16). The lowest BCUT2D eigenvalue weighted by atomic mass is 10.0. The molecule has 2 heterocycles. The minimum absolute atomic E-state index is 0.00825. The highest BCUT2D eigenvalue weighted by Crippen LogP contribution is 2.19. The molecule has 2 saturated heterocycles. The predicted octanol–water partition coefficient (Wildman–Crippen LogP) is 0.296. The van der Waals surface area contributed by atoms with E-state index in [-0.39, 0.29) is 12.0 Å². The molecule has 1 amide bonds. The molecule has 0 aromatic heterocycles. The van der Waals surface area contributed by atoms with Crippen LogP contribution in [0.2, 0.25) is 0 Å². The number of nitrogens with one attached hydrogen (secondary N) is 2. The van der Waals surface area contributed by atoms with Crippen molar-refractivity contribution in [3.05, 3.63) is 0 Å². The van der Waals surface area contributed by atoms with E-state index in [0.29, 0.717) is 31.8 Å². The van der Waals surface area contributed by atoms with E-state index in [1.165, 1.54) is 0 Å². The summed E-state index contributed by atoms with van der Waals surface area (Å²) in [7, 11) is 0. The van der Waals surface area contributed by atoms with E-state index in [0.717, 1.165) is 32.4 Å². The molecule has 2 aliphatic heterocycles. The molecule has 18 heavy (non-hydrogen) atoms. The summed E-state index contributed by atoms with van der Waals surface area (Å²) in [6.07, 6.45) is 3.20. The largest absolute Gasteiger partial charge is 0.376 e. The topological polar surface area (TPSA) is 59.6 Å². The van der Waals surface area contributed by atoms with E-state index in [1.807, 2.05) is 0 Å². The van der Waals surface area contributed by atoms with E-state index >= 15 is 0 Å². The molecular formula is C13H24N2O3. The molecule has 2 rings (SSSR count). The number of carbonyl (C=O) groups is 1. The second kappa shape index (κ2) is 7.07. The number of amides is 1. The Bertz CT molecular complexity index is 267. The van der Waals surface area contributed by atoms with Crippen LogP contribution in [0.3, 0.4) is 0 Å². The first kappa shape index (κ1) is 13.8. The van der Waals surface area contributed by atoms with Gasteiger partial charge in [-0.2, -0.15) is 0 Å². The Kier molecular flexibility index (Phi) is 5.41. The Morgan fingerprint density at radius 3 is 2.83 bits per heavy atom. The van der Waals surface area contributed by atoms with Gasteiger partial charge in [-0.05, 0) is 38.3 Å². The summed E-state index contributed by atoms with van der Waals surface area (Å²) in [6.45, 7) is 6.00. The molecule has 0 aliphatic carbocycles. The van der Waals surface area contributed by atoms with Crippen LogP contribution in [0.5, 0.6) is 0 Å². The fourth-order valence-corrected chi connectivity index (χ4v) is 2.49. The van der Waals surface area contributed by atoms with Gasteiger partial charge in [-0.1, -0.05) is 6.92 Å². The lowest BCUT2D eigenvalue weighted by Gasteiger charge is -2.23. The summed E-state index contributed by atoms with van der Waals surface area (Å²) in [6, 6.07) is 0. The number of carbonyl (C=O) groups excluding carboxylic acids is 1.